The van der Waals surface area contributed by atoms with Gasteiger partial charge in [0.1, 0.15) is 0 Å². The zero-order valence-corrected chi connectivity index (χ0v) is 7.62. The Bertz CT molecular complexity index is 289. The Kier molecular flexibility index (Phi) is 3.06. The van der Waals surface area contributed by atoms with Crippen LogP contribution in [0.25, 0.3) is 0 Å². The topological polar surface area (TPSA) is 42.4 Å². The number of nitrogens with zero attached hydrogens (tertiary/aromatic N) is 1. The molecule has 0 radical (unpaired) electrons. The van der Waals surface area contributed by atoms with E-state index in [1.54, 1.807) is 0 Å². The van der Waals surface area contributed by atoms with Crippen molar-refractivity contribution in [1.29, 1.82) is 0 Å². The third-order valence-corrected chi connectivity index (χ3v) is 1.37. The average molecular weight is 185 g/mol. The average Bonchev–Trinajstić information content (AvgIpc) is 2.07. The summed E-state index contributed by atoms with van der Waals surface area (Å²) in [5.74, 6) is -0.805. The summed E-state index contributed by atoms with van der Waals surface area (Å²) in [6.07, 6.45) is 0. The summed E-state index contributed by atoms with van der Waals surface area (Å²) in [7, 11) is 0. The van der Waals surface area contributed by atoms with Gasteiger partial charge in [0.2, 0.25) is 5.88 Å². The maximum Gasteiger partial charge on any atom is 0.258 e. The summed E-state index contributed by atoms with van der Waals surface area (Å²) < 4.78 is 17.8. The van der Waals surface area contributed by atoms with Crippen molar-refractivity contribution in [2.75, 3.05) is 6.61 Å². The van der Waals surface area contributed by atoms with Crippen LogP contribution < -0.4 is 4.74 Å². The van der Waals surface area contributed by atoms with Crippen molar-refractivity contribution in [2.45, 2.75) is 13.8 Å². The smallest absolute Gasteiger partial charge is 0.258 e. The van der Waals surface area contributed by atoms with Crippen LogP contribution in [0.5, 0.6) is 11.6 Å². The largest absolute Gasteiger partial charge is 0.504 e. The molecule has 3 nitrogen and oxygen atoms in total. The van der Waals surface area contributed by atoms with Crippen LogP contribution in [-0.4, -0.2) is 16.7 Å². The molecule has 0 fully saturated rings. The van der Waals surface area contributed by atoms with Gasteiger partial charge in [0.25, 0.3) is 5.95 Å². The van der Waals surface area contributed by atoms with Gasteiger partial charge in [0.05, 0.1) is 6.61 Å². The number of aromatic nitrogens is 1. The lowest BCUT2D eigenvalue weighted by Crippen LogP contribution is -2.05. The number of pyridine rings is 1. The highest BCUT2D eigenvalue weighted by molar-refractivity contribution is 5.22. The van der Waals surface area contributed by atoms with E-state index in [9.17, 15) is 4.39 Å². The minimum absolute atomic E-state index is 0.198. The maximum absolute atomic E-state index is 12.7. The van der Waals surface area contributed by atoms with Gasteiger partial charge in [0, 0.05) is 6.07 Å². The molecule has 0 spiro atoms. The molecule has 0 saturated carbocycles. The first-order chi connectivity index (χ1) is 6.09. The van der Waals surface area contributed by atoms with E-state index in [1.807, 2.05) is 13.8 Å². The van der Waals surface area contributed by atoms with Crippen molar-refractivity contribution in [3.05, 3.63) is 18.1 Å². The SMILES string of the molecule is CC(C)COc1ccc(O)c(F)n1. The molecule has 0 aliphatic carbocycles. The van der Waals surface area contributed by atoms with E-state index in [0.29, 0.717) is 12.5 Å². The van der Waals surface area contributed by atoms with Crippen LogP contribution in [0, 0.1) is 11.9 Å². The Morgan fingerprint density at radius 1 is 1.54 bits per heavy atom. The van der Waals surface area contributed by atoms with Crippen molar-refractivity contribution < 1.29 is 14.2 Å². The third-order valence-electron chi connectivity index (χ3n) is 1.37. The van der Waals surface area contributed by atoms with Crippen LogP contribution in [0.15, 0.2) is 12.1 Å². The molecule has 4 heteroatoms. The molecule has 0 unspecified atom stereocenters. The van der Waals surface area contributed by atoms with Gasteiger partial charge in [-0.25, -0.2) is 0 Å². The molecule has 1 heterocycles. The van der Waals surface area contributed by atoms with Crippen LogP contribution in [0.4, 0.5) is 4.39 Å². The summed E-state index contributed by atoms with van der Waals surface area (Å²) in [5, 5.41) is 8.83. The molecule has 1 rings (SSSR count). The molecule has 13 heavy (non-hydrogen) atoms. The van der Waals surface area contributed by atoms with Crippen LogP contribution in [0.2, 0.25) is 0 Å². The predicted molar refractivity (Wildman–Crippen MR) is 46.2 cm³/mol. The van der Waals surface area contributed by atoms with Crippen molar-refractivity contribution in [3.63, 3.8) is 0 Å². The number of ether oxygens (including phenoxy) is 1. The van der Waals surface area contributed by atoms with Gasteiger partial charge < -0.3 is 9.84 Å². The Hall–Kier alpha value is -1.32. The second-order valence-corrected chi connectivity index (χ2v) is 3.16. The van der Waals surface area contributed by atoms with E-state index in [-0.39, 0.29) is 5.88 Å². The second kappa shape index (κ2) is 4.07. The van der Waals surface area contributed by atoms with Gasteiger partial charge >= 0.3 is 0 Å². The summed E-state index contributed by atoms with van der Waals surface area (Å²) in [6.45, 7) is 4.45. The van der Waals surface area contributed by atoms with E-state index < -0.39 is 11.7 Å². The number of aromatic hydroxyl groups is 1. The minimum Gasteiger partial charge on any atom is -0.504 e. The molecule has 0 bridgehead atoms. The van der Waals surface area contributed by atoms with Crippen LogP contribution >= 0.6 is 0 Å². The molecular weight excluding hydrogens is 173 g/mol. The monoisotopic (exact) mass is 185 g/mol. The standard InChI is InChI=1S/C9H12FNO2/c1-6(2)5-13-8-4-3-7(12)9(10)11-8/h3-4,6,12H,5H2,1-2H3. The molecule has 1 aromatic rings. The lowest BCUT2D eigenvalue weighted by molar-refractivity contribution is 0.256. The molecule has 1 aromatic heterocycles. The first-order valence-electron chi connectivity index (χ1n) is 4.08. The van der Waals surface area contributed by atoms with Crippen molar-refractivity contribution in [1.82, 2.24) is 4.98 Å². The molecule has 0 saturated heterocycles. The lowest BCUT2D eigenvalue weighted by atomic mass is 10.2. The maximum atomic E-state index is 12.7. The molecule has 0 aliphatic heterocycles. The van der Waals surface area contributed by atoms with Crippen molar-refractivity contribution >= 4 is 0 Å². The minimum atomic E-state index is -0.902. The number of rotatable bonds is 3. The molecule has 0 aromatic carbocycles. The summed E-state index contributed by atoms with van der Waals surface area (Å²) in [4.78, 5) is 3.41. The number of hydrogen-bond acceptors (Lipinski definition) is 3. The first-order valence-corrected chi connectivity index (χ1v) is 4.08. The number of halogens is 1. The van der Waals surface area contributed by atoms with Crippen molar-refractivity contribution in [2.24, 2.45) is 5.92 Å². The summed E-state index contributed by atoms with van der Waals surface area (Å²) in [6, 6.07) is 2.65. The zero-order chi connectivity index (χ0) is 9.84. The molecule has 1 N–H and O–H groups in total. The van der Waals surface area contributed by atoms with E-state index in [4.69, 9.17) is 9.84 Å². The van der Waals surface area contributed by atoms with E-state index in [0.717, 1.165) is 0 Å². The Morgan fingerprint density at radius 2 is 2.23 bits per heavy atom. The van der Waals surface area contributed by atoms with Gasteiger partial charge in [-0.1, -0.05) is 13.8 Å². The summed E-state index contributed by atoms with van der Waals surface area (Å²) >= 11 is 0. The molecule has 72 valence electrons. The fraction of sp³-hybridized carbons (Fsp3) is 0.444. The second-order valence-electron chi connectivity index (χ2n) is 3.16. The van der Waals surface area contributed by atoms with Crippen LogP contribution in [0.3, 0.4) is 0 Å². The van der Waals surface area contributed by atoms with Crippen LogP contribution in [-0.2, 0) is 0 Å². The highest BCUT2D eigenvalue weighted by Crippen LogP contribution is 2.16. The van der Waals surface area contributed by atoms with E-state index >= 15 is 0 Å². The van der Waals surface area contributed by atoms with Gasteiger partial charge in [-0.15, -0.1) is 0 Å². The quantitative estimate of drug-likeness (QED) is 0.732. The molecular formula is C9H12FNO2. The summed E-state index contributed by atoms with van der Waals surface area (Å²) in [5.41, 5.74) is 0. The highest BCUT2D eigenvalue weighted by atomic mass is 19.1. The van der Waals surface area contributed by atoms with Gasteiger partial charge in [-0.2, -0.15) is 9.37 Å². The zero-order valence-electron chi connectivity index (χ0n) is 7.62. The fourth-order valence-electron chi connectivity index (χ4n) is 0.743. The van der Waals surface area contributed by atoms with Gasteiger partial charge in [-0.05, 0) is 12.0 Å². The first kappa shape index (κ1) is 9.77. The predicted octanol–water partition coefficient (Wildman–Crippen LogP) is 1.96. The fourth-order valence-corrected chi connectivity index (χ4v) is 0.743. The highest BCUT2D eigenvalue weighted by Gasteiger charge is 2.04. The molecule has 0 atom stereocenters. The Labute approximate surface area is 76.2 Å². The van der Waals surface area contributed by atoms with Gasteiger partial charge in [-0.3, -0.25) is 0 Å². The lowest BCUT2D eigenvalue weighted by Gasteiger charge is -2.07. The third kappa shape index (κ3) is 2.89. The van der Waals surface area contributed by atoms with Crippen LogP contribution in [0.1, 0.15) is 13.8 Å². The van der Waals surface area contributed by atoms with Gasteiger partial charge in [0.15, 0.2) is 5.75 Å². The molecule has 0 amide bonds. The number of hydrogen-bond donors (Lipinski definition) is 1. The Balaban J connectivity index is 2.63. The van der Waals surface area contributed by atoms with E-state index in [1.165, 1.54) is 12.1 Å². The molecule has 0 aliphatic rings. The normalized spacial score (nSPS) is 10.5. The van der Waals surface area contributed by atoms with Crippen molar-refractivity contribution in [3.8, 4) is 11.6 Å². The Morgan fingerprint density at radius 3 is 2.77 bits per heavy atom. The van der Waals surface area contributed by atoms with E-state index in [2.05, 4.69) is 4.98 Å².